The van der Waals surface area contributed by atoms with Gasteiger partial charge in [0, 0.05) is 23.4 Å². The fourth-order valence-electron chi connectivity index (χ4n) is 4.57. The molecule has 0 aliphatic carbocycles. The molecule has 0 unspecified atom stereocenters. The van der Waals surface area contributed by atoms with E-state index in [0.717, 1.165) is 22.4 Å². The van der Waals surface area contributed by atoms with Gasteiger partial charge in [0.05, 0.1) is 19.3 Å². The minimum atomic E-state index is -1.03. The third-order valence-electron chi connectivity index (χ3n) is 6.27. The van der Waals surface area contributed by atoms with Crippen LogP contribution in [-0.2, 0) is 16.2 Å². The van der Waals surface area contributed by atoms with E-state index in [1.807, 2.05) is 41.3 Å². The maximum Gasteiger partial charge on any atom is 0.268 e. The van der Waals surface area contributed by atoms with Gasteiger partial charge in [0.15, 0.2) is 4.87 Å². The SMILES string of the molecule is COc1ccc(C(=O)N2CCS[C@@]23C(=O)N(Cc2ccccc2C)c2ccccc23)cc1. The Kier molecular flexibility index (Phi) is 5.18. The van der Waals surface area contributed by atoms with Crippen LogP contribution < -0.4 is 9.64 Å². The van der Waals surface area contributed by atoms with Crippen molar-refractivity contribution in [3.63, 3.8) is 0 Å². The Labute approximate surface area is 192 Å². The zero-order chi connectivity index (χ0) is 22.3. The molecule has 162 valence electrons. The van der Waals surface area contributed by atoms with Crippen molar-refractivity contribution in [3.05, 3.63) is 95.1 Å². The first-order valence-corrected chi connectivity index (χ1v) is 11.6. The summed E-state index contributed by atoms with van der Waals surface area (Å²) in [5.74, 6) is 1.21. The molecule has 5 nitrogen and oxygen atoms in total. The second kappa shape index (κ2) is 8.02. The van der Waals surface area contributed by atoms with Gasteiger partial charge < -0.3 is 14.5 Å². The molecule has 5 rings (SSSR count). The summed E-state index contributed by atoms with van der Waals surface area (Å²) >= 11 is 1.55. The molecule has 3 aromatic rings. The van der Waals surface area contributed by atoms with Crippen LogP contribution in [0.4, 0.5) is 5.69 Å². The Morgan fingerprint density at radius 2 is 1.75 bits per heavy atom. The Balaban J connectivity index is 1.56. The first kappa shape index (κ1) is 20.6. The zero-order valence-corrected chi connectivity index (χ0v) is 18.9. The molecule has 2 aliphatic rings. The minimum Gasteiger partial charge on any atom is -0.497 e. The number of methoxy groups -OCH3 is 1. The third-order valence-corrected chi connectivity index (χ3v) is 7.69. The van der Waals surface area contributed by atoms with Crippen LogP contribution in [-0.4, -0.2) is 36.1 Å². The van der Waals surface area contributed by atoms with Gasteiger partial charge >= 0.3 is 0 Å². The van der Waals surface area contributed by atoms with E-state index in [2.05, 4.69) is 19.1 Å². The number of nitrogens with zero attached hydrogens (tertiary/aromatic N) is 2. The van der Waals surface area contributed by atoms with Crippen molar-refractivity contribution in [2.24, 2.45) is 0 Å². The van der Waals surface area contributed by atoms with Crippen molar-refractivity contribution < 1.29 is 14.3 Å². The van der Waals surface area contributed by atoms with Gasteiger partial charge in [-0.3, -0.25) is 9.59 Å². The van der Waals surface area contributed by atoms with Gasteiger partial charge in [0.1, 0.15) is 5.75 Å². The molecule has 1 fully saturated rings. The van der Waals surface area contributed by atoms with Crippen LogP contribution in [0, 0.1) is 6.92 Å². The van der Waals surface area contributed by atoms with Crippen molar-refractivity contribution in [3.8, 4) is 5.75 Å². The number of carbonyl (C=O) groups is 2. The molecule has 0 N–H and O–H groups in total. The second-order valence-electron chi connectivity index (χ2n) is 8.01. The maximum absolute atomic E-state index is 14.0. The van der Waals surface area contributed by atoms with E-state index in [0.29, 0.717) is 30.2 Å². The number of para-hydroxylation sites is 1. The average Bonchev–Trinajstić information content (AvgIpc) is 3.37. The van der Waals surface area contributed by atoms with E-state index in [9.17, 15) is 9.59 Å². The van der Waals surface area contributed by atoms with Crippen LogP contribution in [0.3, 0.4) is 0 Å². The number of benzene rings is 3. The van der Waals surface area contributed by atoms with E-state index >= 15 is 0 Å². The monoisotopic (exact) mass is 444 g/mol. The van der Waals surface area contributed by atoms with Gasteiger partial charge in [-0.05, 0) is 48.4 Å². The summed E-state index contributed by atoms with van der Waals surface area (Å²) in [7, 11) is 1.60. The summed E-state index contributed by atoms with van der Waals surface area (Å²) in [4.78, 5) is 30.2. The lowest BCUT2D eigenvalue weighted by atomic mass is 10.0. The number of rotatable bonds is 4. The number of carbonyl (C=O) groups excluding carboxylic acids is 2. The molecule has 2 heterocycles. The predicted molar refractivity (Wildman–Crippen MR) is 127 cm³/mol. The Morgan fingerprint density at radius 1 is 1.03 bits per heavy atom. The normalized spacial score (nSPS) is 19.5. The van der Waals surface area contributed by atoms with Crippen LogP contribution in [0.25, 0.3) is 0 Å². The minimum absolute atomic E-state index is 0.0497. The topological polar surface area (TPSA) is 49.9 Å². The molecule has 0 saturated carbocycles. The molecule has 2 aliphatic heterocycles. The quantitative estimate of drug-likeness (QED) is 0.591. The number of aryl methyl sites for hydroxylation is 1. The van der Waals surface area contributed by atoms with E-state index in [1.54, 1.807) is 48.0 Å². The smallest absolute Gasteiger partial charge is 0.268 e. The van der Waals surface area contributed by atoms with E-state index < -0.39 is 4.87 Å². The van der Waals surface area contributed by atoms with Gasteiger partial charge in [0.2, 0.25) is 0 Å². The van der Waals surface area contributed by atoms with Crippen molar-refractivity contribution in [1.82, 2.24) is 4.90 Å². The second-order valence-corrected chi connectivity index (χ2v) is 9.30. The summed E-state index contributed by atoms with van der Waals surface area (Å²) in [6.45, 7) is 3.06. The molecule has 2 amide bonds. The Bertz CT molecular complexity index is 1190. The molecule has 6 heteroatoms. The number of anilines is 1. The van der Waals surface area contributed by atoms with Crippen LogP contribution >= 0.6 is 11.8 Å². The van der Waals surface area contributed by atoms with Gasteiger partial charge in [-0.25, -0.2) is 0 Å². The van der Waals surface area contributed by atoms with E-state index in [1.165, 1.54) is 0 Å². The standard InChI is InChI=1S/C26H24N2O3S/c1-18-7-3-4-8-20(18)17-27-23-10-6-5-9-22(23)26(25(27)30)28(15-16-32-26)24(29)19-11-13-21(31-2)14-12-19/h3-14H,15-17H2,1-2H3/t26-/m0/s1. The molecule has 0 aromatic heterocycles. The number of hydrogen-bond acceptors (Lipinski definition) is 4. The lowest BCUT2D eigenvalue weighted by molar-refractivity contribution is -0.123. The summed E-state index contributed by atoms with van der Waals surface area (Å²) in [6.07, 6.45) is 0. The number of hydrogen-bond donors (Lipinski definition) is 0. The van der Waals surface area contributed by atoms with E-state index in [-0.39, 0.29) is 11.8 Å². The summed E-state index contributed by atoms with van der Waals surface area (Å²) in [6, 6.07) is 23.0. The summed E-state index contributed by atoms with van der Waals surface area (Å²) < 4.78 is 5.22. The van der Waals surface area contributed by atoms with Gasteiger partial charge in [-0.2, -0.15) is 0 Å². The first-order chi connectivity index (χ1) is 15.6. The molecule has 0 radical (unpaired) electrons. The summed E-state index contributed by atoms with van der Waals surface area (Å²) in [5, 5.41) is 0. The lowest BCUT2D eigenvalue weighted by Gasteiger charge is -2.33. The van der Waals surface area contributed by atoms with Gasteiger partial charge in [-0.15, -0.1) is 11.8 Å². The van der Waals surface area contributed by atoms with Crippen molar-refractivity contribution in [2.45, 2.75) is 18.3 Å². The molecule has 3 aromatic carbocycles. The number of amides is 2. The zero-order valence-electron chi connectivity index (χ0n) is 18.1. The van der Waals surface area contributed by atoms with Crippen LogP contribution in [0.2, 0.25) is 0 Å². The Morgan fingerprint density at radius 3 is 2.50 bits per heavy atom. The number of thioether (sulfide) groups is 1. The highest BCUT2D eigenvalue weighted by Crippen LogP contribution is 2.54. The van der Waals surface area contributed by atoms with Crippen LogP contribution in [0.15, 0.2) is 72.8 Å². The molecule has 1 spiro atoms. The fourth-order valence-corrected chi connectivity index (χ4v) is 6.03. The molecule has 1 saturated heterocycles. The molecule has 32 heavy (non-hydrogen) atoms. The van der Waals surface area contributed by atoms with Crippen molar-refractivity contribution >= 4 is 29.3 Å². The van der Waals surface area contributed by atoms with E-state index in [4.69, 9.17) is 4.74 Å². The average molecular weight is 445 g/mol. The van der Waals surface area contributed by atoms with Gasteiger partial charge in [0.25, 0.3) is 11.8 Å². The van der Waals surface area contributed by atoms with Crippen molar-refractivity contribution in [1.29, 1.82) is 0 Å². The molecular formula is C26H24N2O3S. The highest BCUT2D eigenvalue weighted by atomic mass is 32.2. The third kappa shape index (κ3) is 3.09. The highest BCUT2D eigenvalue weighted by Gasteiger charge is 2.59. The largest absolute Gasteiger partial charge is 0.497 e. The predicted octanol–water partition coefficient (Wildman–Crippen LogP) is 4.59. The van der Waals surface area contributed by atoms with Gasteiger partial charge in [-0.1, -0.05) is 42.5 Å². The molecule has 0 bridgehead atoms. The maximum atomic E-state index is 14.0. The fraction of sp³-hybridized carbons (Fsp3) is 0.231. The molecular weight excluding hydrogens is 420 g/mol. The van der Waals surface area contributed by atoms with Crippen LogP contribution in [0.5, 0.6) is 5.75 Å². The van der Waals surface area contributed by atoms with Crippen molar-refractivity contribution in [2.75, 3.05) is 24.3 Å². The number of ether oxygens (including phenoxy) is 1. The lowest BCUT2D eigenvalue weighted by Crippen LogP contribution is -2.50. The Hall–Kier alpha value is -3.25. The first-order valence-electron chi connectivity index (χ1n) is 10.6. The number of fused-ring (bicyclic) bond motifs is 2. The summed E-state index contributed by atoms with van der Waals surface area (Å²) in [5.41, 5.74) is 4.56. The molecule has 1 atom stereocenters. The van der Waals surface area contributed by atoms with Crippen LogP contribution in [0.1, 0.15) is 27.0 Å². The highest BCUT2D eigenvalue weighted by molar-refractivity contribution is 8.01.